The van der Waals surface area contributed by atoms with Crippen LogP contribution in [0.5, 0.6) is 5.75 Å². The van der Waals surface area contributed by atoms with E-state index in [2.05, 4.69) is 65.7 Å². The van der Waals surface area contributed by atoms with Gasteiger partial charge in [0.15, 0.2) is 0 Å². The number of piperazine rings is 1. The molecule has 5 heteroatoms. The van der Waals surface area contributed by atoms with Crippen LogP contribution in [0.3, 0.4) is 0 Å². The molecule has 0 saturated carbocycles. The summed E-state index contributed by atoms with van der Waals surface area (Å²) < 4.78 is 5.71. The molecule has 0 spiro atoms. The molecular weight excluding hydrogens is 367 g/mol. The highest BCUT2D eigenvalue weighted by molar-refractivity contribution is 5.85. The Morgan fingerprint density at radius 2 is 1.62 bits per heavy atom. The fourth-order valence-electron chi connectivity index (χ4n) is 2.82. The Balaban J connectivity index is 0.00000169. The van der Waals surface area contributed by atoms with Gasteiger partial charge in [0.05, 0.1) is 0 Å². The number of aryl methyl sites for hydroxylation is 1. The second kappa shape index (κ2) is 12.0. The number of benzene rings is 2. The van der Waals surface area contributed by atoms with E-state index in [1.807, 2.05) is 12.1 Å². The van der Waals surface area contributed by atoms with Gasteiger partial charge in [-0.2, -0.15) is 0 Å². The largest absolute Gasteiger partial charge is 0.490 e. The van der Waals surface area contributed by atoms with Crippen molar-refractivity contribution in [1.29, 1.82) is 0 Å². The highest BCUT2D eigenvalue weighted by Crippen LogP contribution is 2.12. The van der Waals surface area contributed by atoms with Gasteiger partial charge in [-0.25, -0.2) is 0 Å². The summed E-state index contributed by atoms with van der Waals surface area (Å²) in [5, 5.41) is 3.39. The van der Waals surface area contributed by atoms with E-state index in [-0.39, 0.29) is 24.8 Å². The summed E-state index contributed by atoms with van der Waals surface area (Å²) in [4.78, 5) is 2.50. The highest BCUT2D eigenvalue weighted by atomic mass is 35.5. The van der Waals surface area contributed by atoms with Gasteiger partial charge in [-0.05, 0) is 36.3 Å². The first-order chi connectivity index (χ1) is 11.8. The van der Waals surface area contributed by atoms with Crippen LogP contribution in [0.25, 0.3) is 6.08 Å². The van der Waals surface area contributed by atoms with Crippen LogP contribution in [-0.2, 0) is 6.54 Å². The van der Waals surface area contributed by atoms with Gasteiger partial charge >= 0.3 is 0 Å². The maximum absolute atomic E-state index is 5.71. The molecule has 0 atom stereocenters. The SMILES string of the molecule is Cc1ccc(OC/C=C/c2ccc(CN3CCNCC3)cc2)cc1.Cl.Cl. The van der Waals surface area contributed by atoms with Crippen molar-refractivity contribution < 1.29 is 4.74 Å². The molecule has 0 aromatic heterocycles. The predicted octanol–water partition coefficient (Wildman–Crippen LogP) is 4.34. The zero-order chi connectivity index (χ0) is 16.6. The standard InChI is InChI=1S/C21H26N2O.2ClH/c1-18-4-10-21(11-5-18)24-16-2-3-19-6-8-20(9-7-19)17-23-14-12-22-13-15-23;;/h2-11,22H,12-17H2,1H3;2*1H/b3-2+;;. The average Bonchev–Trinajstić information content (AvgIpc) is 2.62. The predicted molar refractivity (Wildman–Crippen MR) is 115 cm³/mol. The summed E-state index contributed by atoms with van der Waals surface area (Å²) >= 11 is 0. The van der Waals surface area contributed by atoms with E-state index in [4.69, 9.17) is 4.74 Å². The lowest BCUT2D eigenvalue weighted by Crippen LogP contribution is -2.42. The Bertz CT molecular complexity index is 651. The van der Waals surface area contributed by atoms with E-state index in [0.29, 0.717) is 6.61 Å². The number of hydrogen-bond donors (Lipinski definition) is 1. The molecular formula is C21H28Cl2N2O. The molecule has 0 aliphatic carbocycles. The number of nitrogens with one attached hydrogen (secondary N) is 1. The Kier molecular flexibility index (Phi) is 10.4. The number of hydrogen-bond acceptors (Lipinski definition) is 3. The molecule has 1 fully saturated rings. The third kappa shape index (κ3) is 7.38. The van der Waals surface area contributed by atoms with Crippen molar-refractivity contribution in [3.63, 3.8) is 0 Å². The monoisotopic (exact) mass is 394 g/mol. The molecule has 1 N–H and O–H groups in total. The quantitative estimate of drug-likeness (QED) is 0.788. The fourth-order valence-corrected chi connectivity index (χ4v) is 2.82. The molecule has 3 nitrogen and oxygen atoms in total. The van der Waals surface area contributed by atoms with Crippen LogP contribution in [0, 0.1) is 6.92 Å². The number of ether oxygens (including phenoxy) is 1. The lowest BCUT2D eigenvalue weighted by atomic mass is 10.1. The van der Waals surface area contributed by atoms with Crippen LogP contribution < -0.4 is 10.1 Å². The summed E-state index contributed by atoms with van der Waals surface area (Å²) in [7, 11) is 0. The van der Waals surface area contributed by atoms with Crippen LogP contribution in [-0.4, -0.2) is 37.7 Å². The molecule has 0 unspecified atom stereocenters. The maximum Gasteiger partial charge on any atom is 0.119 e. The van der Waals surface area contributed by atoms with E-state index >= 15 is 0 Å². The molecule has 26 heavy (non-hydrogen) atoms. The lowest BCUT2D eigenvalue weighted by Gasteiger charge is -2.27. The summed E-state index contributed by atoms with van der Waals surface area (Å²) in [5.74, 6) is 0.914. The molecule has 3 rings (SSSR count). The molecule has 1 aliphatic rings. The van der Waals surface area contributed by atoms with Crippen molar-refractivity contribution in [2.45, 2.75) is 13.5 Å². The van der Waals surface area contributed by atoms with Crippen LogP contribution in [0.4, 0.5) is 0 Å². The van der Waals surface area contributed by atoms with Crippen LogP contribution in [0.2, 0.25) is 0 Å². The van der Waals surface area contributed by atoms with E-state index in [1.165, 1.54) is 16.7 Å². The lowest BCUT2D eigenvalue weighted by molar-refractivity contribution is 0.233. The summed E-state index contributed by atoms with van der Waals surface area (Å²) in [5.41, 5.74) is 3.84. The van der Waals surface area contributed by atoms with E-state index in [0.717, 1.165) is 38.5 Å². The second-order valence-corrected chi connectivity index (χ2v) is 6.29. The normalized spacial score (nSPS) is 14.5. The second-order valence-electron chi connectivity index (χ2n) is 6.29. The Hall–Kier alpha value is -1.52. The first-order valence-electron chi connectivity index (χ1n) is 8.68. The molecule has 142 valence electrons. The van der Waals surface area contributed by atoms with Crippen LogP contribution >= 0.6 is 24.8 Å². The minimum atomic E-state index is 0. The van der Waals surface area contributed by atoms with E-state index < -0.39 is 0 Å². The van der Waals surface area contributed by atoms with Gasteiger partial charge in [0.1, 0.15) is 12.4 Å². The first-order valence-corrected chi connectivity index (χ1v) is 8.68. The third-order valence-corrected chi connectivity index (χ3v) is 4.27. The molecule has 1 heterocycles. The Labute approximate surface area is 169 Å². The molecule has 0 radical (unpaired) electrons. The van der Waals surface area contributed by atoms with Gasteiger partial charge in [0, 0.05) is 32.7 Å². The molecule has 2 aromatic carbocycles. The van der Waals surface area contributed by atoms with Gasteiger partial charge in [-0.1, -0.05) is 48.0 Å². The topological polar surface area (TPSA) is 24.5 Å². The Morgan fingerprint density at radius 1 is 0.962 bits per heavy atom. The zero-order valence-corrected chi connectivity index (χ0v) is 16.8. The zero-order valence-electron chi connectivity index (χ0n) is 15.2. The van der Waals surface area contributed by atoms with Crippen molar-refractivity contribution in [3.05, 3.63) is 71.3 Å². The minimum absolute atomic E-state index is 0. The summed E-state index contributed by atoms with van der Waals surface area (Å²) in [6.07, 6.45) is 4.17. The smallest absolute Gasteiger partial charge is 0.119 e. The molecule has 0 bridgehead atoms. The molecule has 1 saturated heterocycles. The van der Waals surface area contributed by atoms with Crippen LogP contribution in [0.1, 0.15) is 16.7 Å². The van der Waals surface area contributed by atoms with Gasteiger partial charge in [0.2, 0.25) is 0 Å². The van der Waals surface area contributed by atoms with Crippen molar-refractivity contribution >= 4 is 30.9 Å². The minimum Gasteiger partial charge on any atom is -0.490 e. The number of nitrogens with zero attached hydrogens (tertiary/aromatic N) is 1. The Morgan fingerprint density at radius 3 is 2.27 bits per heavy atom. The first kappa shape index (κ1) is 22.5. The number of halogens is 2. The van der Waals surface area contributed by atoms with E-state index in [9.17, 15) is 0 Å². The fraction of sp³-hybridized carbons (Fsp3) is 0.333. The van der Waals surface area contributed by atoms with Crippen LogP contribution in [0.15, 0.2) is 54.6 Å². The van der Waals surface area contributed by atoms with Gasteiger partial charge < -0.3 is 10.1 Å². The van der Waals surface area contributed by atoms with Crippen molar-refractivity contribution in [1.82, 2.24) is 10.2 Å². The van der Waals surface area contributed by atoms with Gasteiger partial charge in [0.25, 0.3) is 0 Å². The van der Waals surface area contributed by atoms with Gasteiger partial charge in [-0.15, -0.1) is 24.8 Å². The summed E-state index contributed by atoms with van der Waals surface area (Å²) in [6.45, 7) is 8.18. The van der Waals surface area contributed by atoms with Gasteiger partial charge in [-0.3, -0.25) is 4.90 Å². The third-order valence-electron chi connectivity index (χ3n) is 4.27. The van der Waals surface area contributed by atoms with Crippen molar-refractivity contribution in [2.75, 3.05) is 32.8 Å². The highest BCUT2D eigenvalue weighted by Gasteiger charge is 2.09. The molecule has 2 aromatic rings. The van der Waals surface area contributed by atoms with E-state index in [1.54, 1.807) is 0 Å². The average molecular weight is 395 g/mol. The molecule has 1 aliphatic heterocycles. The summed E-state index contributed by atoms with van der Waals surface area (Å²) in [6, 6.07) is 17.0. The maximum atomic E-state index is 5.71. The van der Waals surface area contributed by atoms with Crippen molar-refractivity contribution in [3.8, 4) is 5.75 Å². The number of rotatable bonds is 6. The van der Waals surface area contributed by atoms with Crippen molar-refractivity contribution in [2.24, 2.45) is 0 Å². The molecule has 0 amide bonds.